The number of rotatable bonds is 8. The molecule has 1 atom stereocenters. The molecule has 0 spiro atoms. The molecule has 3 heteroatoms. The first kappa shape index (κ1) is 14.0. The van der Waals surface area contributed by atoms with E-state index in [0.29, 0.717) is 6.61 Å². The van der Waals surface area contributed by atoms with Crippen LogP contribution in [-0.4, -0.2) is 25.4 Å². The fraction of sp³-hybridized carbons (Fsp3) is 0.571. The Balaban J connectivity index is 2.43. The Bertz CT molecular complexity index is 295. The molecule has 3 nitrogen and oxygen atoms in total. The summed E-state index contributed by atoms with van der Waals surface area (Å²) in [7, 11) is 1.67. The van der Waals surface area contributed by atoms with E-state index in [1.165, 1.54) is 0 Å². The van der Waals surface area contributed by atoms with Gasteiger partial charge in [0.15, 0.2) is 0 Å². The van der Waals surface area contributed by atoms with Gasteiger partial charge in [-0.2, -0.15) is 0 Å². The van der Waals surface area contributed by atoms with E-state index in [2.05, 4.69) is 6.92 Å². The van der Waals surface area contributed by atoms with Crippen molar-refractivity contribution in [3.8, 4) is 5.75 Å². The Morgan fingerprint density at radius 3 is 2.47 bits per heavy atom. The fourth-order valence-electron chi connectivity index (χ4n) is 1.59. The van der Waals surface area contributed by atoms with E-state index in [-0.39, 0.29) is 0 Å². The van der Waals surface area contributed by atoms with Crippen LogP contribution in [0.2, 0.25) is 0 Å². The largest absolute Gasteiger partial charge is 0.494 e. The predicted octanol–water partition coefficient (Wildman–Crippen LogP) is 2.94. The summed E-state index contributed by atoms with van der Waals surface area (Å²) >= 11 is 0. The summed E-state index contributed by atoms with van der Waals surface area (Å²) in [5.41, 5.74) is 0.935. The smallest absolute Gasteiger partial charge is 0.119 e. The molecule has 1 unspecified atom stereocenters. The third-order valence-electron chi connectivity index (χ3n) is 2.56. The molecule has 0 fully saturated rings. The van der Waals surface area contributed by atoms with E-state index in [0.717, 1.165) is 37.2 Å². The Labute approximate surface area is 103 Å². The highest BCUT2D eigenvalue weighted by molar-refractivity contribution is 5.28. The van der Waals surface area contributed by atoms with Gasteiger partial charge in [-0.3, -0.25) is 0 Å². The number of aliphatic hydroxyl groups is 1. The molecule has 0 saturated heterocycles. The molecule has 0 bridgehead atoms. The first-order chi connectivity index (χ1) is 8.27. The molecule has 1 rings (SSSR count). The van der Waals surface area contributed by atoms with Crippen LogP contribution in [0.25, 0.3) is 0 Å². The van der Waals surface area contributed by atoms with Gasteiger partial charge in [-0.25, -0.2) is 0 Å². The first-order valence-corrected chi connectivity index (χ1v) is 6.17. The molecular weight excluding hydrogens is 216 g/mol. The zero-order chi connectivity index (χ0) is 12.5. The number of hydrogen-bond acceptors (Lipinski definition) is 3. The lowest BCUT2D eigenvalue weighted by Crippen LogP contribution is -2.00. The molecule has 1 aromatic rings. The highest BCUT2D eigenvalue weighted by atomic mass is 16.5. The minimum atomic E-state index is -0.412. The van der Waals surface area contributed by atoms with Crippen molar-refractivity contribution in [2.75, 3.05) is 20.3 Å². The number of hydrogen-bond donors (Lipinski definition) is 1. The zero-order valence-electron chi connectivity index (χ0n) is 10.7. The van der Waals surface area contributed by atoms with Crippen molar-refractivity contribution < 1.29 is 14.6 Å². The van der Waals surface area contributed by atoms with Gasteiger partial charge in [0.05, 0.1) is 12.7 Å². The molecule has 1 N–H and O–H groups in total. The fourth-order valence-corrected chi connectivity index (χ4v) is 1.59. The van der Waals surface area contributed by atoms with Crippen LogP contribution in [0.1, 0.15) is 37.9 Å². The second-order valence-corrected chi connectivity index (χ2v) is 4.07. The van der Waals surface area contributed by atoms with Crippen LogP contribution in [0.15, 0.2) is 24.3 Å². The highest BCUT2D eigenvalue weighted by Gasteiger charge is 2.07. The second kappa shape index (κ2) is 8.09. The van der Waals surface area contributed by atoms with Gasteiger partial charge in [0.25, 0.3) is 0 Å². The summed E-state index contributed by atoms with van der Waals surface area (Å²) in [6, 6.07) is 7.65. The molecule has 0 heterocycles. The van der Waals surface area contributed by atoms with Crippen molar-refractivity contribution in [1.29, 1.82) is 0 Å². The molecule has 0 amide bonds. The topological polar surface area (TPSA) is 38.7 Å². The van der Waals surface area contributed by atoms with Crippen molar-refractivity contribution in [3.05, 3.63) is 29.8 Å². The predicted molar refractivity (Wildman–Crippen MR) is 68.3 cm³/mol. The summed E-state index contributed by atoms with van der Waals surface area (Å²) in [6.45, 7) is 3.50. The Kier molecular flexibility index (Phi) is 6.67. The normalized spacial score (nSPS) is 12.4. The summed E-state index contributed by atoms with van der Waals surface area (Å²) in [5.74, 6) is 0.861. The third-order valence-corrected chi connectivity index (χ3v) is 2.56. The van der Waals surface area contributed by atoms with E-state index < -0.39 is 6.10 Å². The molecule has 96 valence electrons. The van der Waals surface area contributed by atoms with Crippen molar-refractivity contribution in [2.24, 2.45) is 0 Å². The van der Waals surface area contributed by atoms with Gasteiger partial charge in [-0.15, -0.1) is 0 Å². The third kappa shape index (κ3) is 5.20. The molecule has 0 radical (unpaired) electrons. The van der Waals surface area contributed by atoms with Gasteiger partial charge in [-0.05, 0) is 37.0 Å². The van der Waals surface area contributed by atoms with Crippen molar-refractivity contribution in [2.45, 2.75) is 32.3 Å². The van der Waals surface area contributed by atoms with Crippen LogP contribution >= 0.6 is 0 Å². The molecule has 1 aromatic carbocycles. The first-order valence-electron chi connectivity index (χ1n) is 6.17. The van der Waals surface area contributed by atoms with Gasteiger partial charge in [0, 0.05) is 13.7 Å². The van der Waals surface area contributed by atoms with Gasteiger partial charge in [0.1, 0.15) is 5.75 Å². The average Bonchev–Trinajstić information content (AvgIpc) is 2.37. The molecule has 0 aliphatic heterocycles. The van der Waals surface area contributed by atoms with Crippen LogP contribution in [0.4, 0.5) is 0 Å². The number of benzene rings is 1. The monoisotopic (exact) mass is 238 g/mol. The maximum absolute atomic E-state index is 9.92. The van der Waals surface area contributed by atoms with Gasteiger partial charge in [-0.1, -0.05) is 19.1 Å². The summed E-state index contributed by atoms with van der Waals surface area (Å²) in [4.78, 5) is 0. The highest BCUT2D eigenvalue weighted by Crippen LogP contribution is 2.21. The molecule has 0 saturated carbocycles. The van der Waals surface area contributed by atoms with E-state index in [1.54, 1.807) is 7.11 Å². The summed E-state index contributed by atoms with van der Waals surface area (Å²) in [5, 5.41) is 9.92. The van der Waals surface area contributed by atoms with E-state index in [4.69, 9.17) is 9.47 Å². The number of ether oxygens (including phenoxy) is 2. The Hall–Kier alpha value is -1.06. The number of aliphatic hydroxyl groups excluding tert-OH is 1. The van der Waals surface area contributed by atoms with E-state index >= 15 is 0 Å². The van der Waals surface area contributed by atoms with Crippen molar-refractivity contribution >= 4 is 0 Å². The second-order valence-electron chi connectivity index (χ2n) is 4.07. The lowest BCUT2D eigenvalue weighted by Gasteiger charge is -2.11. The zero-order valence-corrected chi connectivity index (χ0v) is 10.7. The average molecular weight is 238 g/mol. The van der Waals surface area contributed by atoms with E-state index in [9.17, 15) is 5.11 Å². The minimum absolute atomic E-state index is 0.412. The van der Waals surface area contributed by atoms with Gasteiger partial charge in [0.2, 0.25) is 0 Å². The lowest BCUT2D eigenvalue weighted by atomic mass is 10.1. The molecule has 17 heavy (non-hydrogen) atoms. The molecule has 0 aliphatic rings. The van der Waals surface area contributed by atoms with Crippen LogP contribution in [0, 0.1) is 0 Å². The molecular formula is C14H22O3. The standard InChI is InChI=1S/C14H22O3/c1-3-10-17-13-8-6-12(7-9-13)14(15)5-4-11-16-2/h6-9,14-15H,3-5,10-11H2,1-2H3. The van der Waals surface area contributed by atoms with E-state index in [1.807, 2.05) is 24.3 Å². The van der Waals surface area contributed by atoms with Crippen molar-refractivity contribution in [3.63, 3.8) is 0 Å². The van der Waals surface area contributed by atoms with Gasteiger partial charge >= 0.3 is 0 Å². The Morgan fingerprint density at radius 1 is 1.18 bits per heavy atom. The molecule has 0 aromatic heterocycles. The summed E-state index contributed by atoms with van der Waals surface area (Å²) in [6.07, 6.45) is 2.18. The maximum atomic E-state index is 9.92. The lowest BCUT2D eigenvalue weighted by molar-refractivity contribution is 0.136. The quantitative estimate of drug-likeness (QED) is 0.708. The van der Waals surface area contributed by atoms with Crippen LogP contribution in [0.3, 0.4) is 0 Å². The van der Waals surface area contributed by atoms with Crippen LogP contribution in [-0.2, 0) is 4.74 Å². The van der Waals surface area contributed by atoms with Gasteiger partial charge < -0.3 is 14.6 Å². The SMILES string of the molecule is CCCOc1ccc(C(O)CCCOC)cc1. The Morgan fingerprint density at radius 2 is 1.88 bits per heavy atom. The maximum Gasteiger partial charge on any atom is 0.119 e. The molecule has 0 aliphatic carbocycles. The van der Waals surface area contributed by atoms with Crippen LogP contribution < -0.4 is 4.74 Å². The number of methoxy groups -OCH3 is 1. The minimum Gasteiger partial charge on any atom is -0.494 e. The summed E-state index contributed by atoms with van der Waals surface area (Å²) < 4.78 is 10.4. The van der Waals surface area contributed by atoms with Crippen LogP contribution in [0.5, 0.6) is 5.75 Å². The van der Waals surface area contributed by atoms with Crippen molar-refractivity contribution in [1.82, 2.24) is 0 Å².